The molecule has 2 aromatic carbocycles. The predicted molar refractivity (Wildman–Crippen MR) is 104 cm³/mol. The first-order chi connectivity index (χ1) is 12.9. The number of likely N-dealkylation sites (N-methyl/N-ethyl adjacent to an activating group) is 1. The van der Waals surface area contributed by atoms with Crippen LogP contribution in [0.2, 0.25) is 0 Å². The van der Waals surface area contributed by atoms with Crippen LogP contribution in [0.5, 0.6) is 11.5 Å². The summed E-state index contributed by atoms with van der Waals surface area (Å²) in [7, 11) is 1.67. The molecule has 144 valence electrons. The highest BCUT2D eigenvalue weighted by atomic mass is 16.5. The molecule has 0 aliphatic carbocycles. The first-order valence-electron chi connectivity index (χ1n) is 8.85. The van der Waals surface area contributed by atoms with Gasteiger partial charge in [-0.15, -0.1) is 0 Å². The van der Waals surface area contributed by atoms with E-state index in [1.165, 1.54) is 4.90 Å². The van der Waals surface area contributed by atoms with E-state index in [1.807, 2.05) is 24.3 Å². The molecule has 1 amide bonds. The zero-order chi connectivity index (χ0) is 19.8. The lowest BCUT2D eigenvalue weighted by Gasteiger charge is -2.20. The molecule has 0 heterocycles. The van der Waals surface area contributed by atoms with E-state index >= 15 is 0 Å². The van der Waals surface area contributed by atoms with Gasteiger partial charge < -0.3 is 19.5 Å². The number of carbonyl (C=O) groups excluding carboxylic acids is 1. The number of amides is 1. The second-order valence-electron chi connectivity index (χ2n) is 6.26. The molecule has 0 aliphatic rings. The minimum absolute atomic E-state index is 0.0682. The fourth-order valence-corrected chi connectivity index (χ4v) is 2.53. The molecular formula is C21H25NO5. The lowest BCUT2D eigenvalue weighted by Crippen LogP contribution is -2.31. The van der Waals surface area contributed by atoms with Crippen LogP contribution in [0.25, 0.3) is 0 Å². The van der Waals surface area contributed by atoms with Gasteiger partial charge in [-0.3, -0.25) is 4.79 Å². The molecule has 1 N–H and O–H groups in total. The molecule has 2 rings (SSSR count). The number of hydrogen-bond donors (Lipinski definition) is 1. The number of carboxylic acids is 1. The summed E-state index contributed by atoms with van der Waals surface area (Å²) in [6.45, 7) is 3.77. The first-order valence-corrected chi connectivity index (χ1v) is 8.85. The van der Waals surface area contributed by atoms with Crippen LogP contribution in [0.4, 0.5) is 5.69 Å². The topological polar surface area (TPSA) is 76.1 Å². The molecule has 1 unspecified atom stereocenters. The molecule has 0 saturated heterocycles. The number of aliphatic carboxylic acids is 1. The molecule has 27 heavy (non-hydrogen) atoms. The molecule has 0 saturated carbocycles. The lowest BCUT2D eigenvalue weighted by molar-refractivity contribution is -0.139. The summed E-state index contributed by atoms with van der Waals surface area (Å²) >= 11 is 0. The summed E-state index contributed by atoms with van der Waals surface area (Å²) in [5.41, 5.74) is 1.76. The van der Waals surface area contributed by atoms with Crippen molar-refractivity contribution in [1.29, 1.82) is 0 Å². The van der Waals surface area contributed by atoms with Gasteiger partial charge >= 0.3 is 5.97 Å². The maximum atomic E-state index is 12.5. The average Bonchev–Trinajstić information content (AvgIpc) is 2.69. The maximum Gasteiger partial charge on any atom is 0.341 e. The zero-order valence-corrected chi connectivity index (χ0v) is 15.8. The highest BCUT2D eigenvalue weighted by molar-refractivity contribution is 5.94. The molecule has 0 aliphatic heterocycles. The van der Waals surface area contributed by atoms with E-state index in [0.717, 1.165) is 17.7 Å². The van der Waals surface area contributed by atoms with Crippen molar-refractivity contribution in [1.82, 2.24) is 0 Å². The van der Waals surface area contributed by atoms with E-state index < -0.39 is 12.6 Å². The van der Waals surface area contributed by atoms with Crippen molar-refractivity contribution in [3.8, 4) is 11.5 Å². The normalized spacial score (nSPS) is 11.5. The minimum atomic E-state index is -1.04. The van der Waals surface area contributed by atoms with Crippen molar-refractivity contribution in [2.24, 2.45) is 0 Å². The third kappa shape index (κ3) is 5.74. The van der Waals surface area contributed by atoms with E-state index in [4.69, 9.17) is 14.6 Å². The highest BCUT2D eigenvalue weighted by Crippen LogP contribution is 2.28. The number of carbonyl (C=O) groups is 2. The zero-order valence-electron chi connectivity index (χ0n) is 15.8. The number of rotatable bonds is 9. The monoisotopic (exact) mass is 371 g/mol. The fraction of sp³-hybridized carbons (Fsp3) is 0.333. The van der Waals surface area contributed by atoms with E-state index in [-0.39, 0.29) is 12.5 Å². The Hall–Kier alpha value is -3.02. The summed E-state index contributed by atoms with van der Waals surface area (Å²) in [6.07, 6.45) is 0.991. The van der Waals surface area contributed by atoms with Crippen LogP contribution >= 0.6 is 0 Å². The van der Waals surface area contributed by atoms with Gasteiger partial charge in [0.05, 0.1) is 0 Å². The third-order valence-electron chi connectivity index (χ3n) is 4.37. The van der Waals surface area contributed by atoms with Crippen molar-refractivity contribution in [3.05, 3.63) is 54.1 Å². The van der Waals surface area contributed by atoms with Crippen molar-refractivity contribution >= 4 is 17.6 Å². The molecule has 1 atom stereocenters. The first kappa shape index (κ1) is 20.3. The maximum absolute atomic E-state index is 12.5. The summed E-state index contributed by atoms with van der Waals surface area (Å²) in [6, 6.07) is 14.4. The Morgan fingerprint density at radius 2 is 1.70 bits per heavy atom. The van der Waals surface area contributed by atoms with Crippen molar-refractivity contribution < 1.29 is 24.2 Å². The highest BCUT2D eigenvalue weighted by Gasteiger charge is 2.15. The van der Waals surface area contributed by atoms with Crippen molar-refractivity contribution in [2.75, 3.05) is 25.2 Å². The van der Waals surface area contributed by atoms with Gasteiger partial charge in [0.1, 0.15) is 11.5 Å². The van der Waals surface area contributed by atoms with Gasteiger partial charge in [-0.1, -0.05) is 32.0 Å². The van der Waals surface area contributed by atoms with E-state index in [9.17, 15) is 9.59 Å². The quantitative estimate of drug-likeness (QED) is 0.727. The van der Waals surface area contributed by atoms with Gasteiger partial charge in [-0.05, 0) is 48.2 Å². The van der Waals surface area contributed by atoms with Gasteiger partial charge in [0.2, 0.25) is 0 Å². The largest absolute Gasteiger partial charge is 0.483 e. The van der Waals surface area contributed by atoms with Gasteiger partial charge in [0, 0.05) is 12.7 Å². The number of nitrogens with zero attached hydrogens (tertiary/aromatic N) is 1. The average molecular weight is 371 g/mol. The molecule has 0 fully saturated rings. The SMILES string of the molecule is CCC(C)c1ccccc1OCC(=O)N(C)c1ccc(OCC(=O)O)cc1. The number of ether oxygens (including phenoxy) is 2. The minimum Gasteiger partial charge on any atom is -0.483 e. The fourth-order valence-electron chi connectivity index (χ4n) is 2.53. The van der Waals surface area contributed by atoms with Crippen LogP contribution in [0, 0.1) is 0 Å². The third-order valence-corrected chi connectivity index (χ3v) is 4.37. The second-order valence-corrected chi connectivity index (χ2v) is 6.26. The van der Waals surface area contributed by atoms with E-state index in [2.05, 4.69) is 13.8 Å². The van der Waals surface area contributed by atoms with E-state index in [0.29, 0.717) is 17.4 Å². The standard InChI is InChI=1S/C21H25NO5/c1-4-15(2)18-7-5-6-8-19(18)27-13-20(23)22(3)16-9-11-17(12-10-16)26-14-21(24)25/h5-12,15H,4,13-14H2,1-3H3,(H,24,25). The molecule has 0 bridgehead atoms. The van der Waals surface area contributed by atoms with Crippen LogP contribution in [0.3, 0.4) is 0 Å². The number of hydrogen-bond acceptors (Lipinski definition) is 4. The Bertz CT molecular complexity index is 772. The predicted octanol–water partition coefficient (Wildman–Crippen LogP) is 3.71. The van der Waals surface area contributed by atoms with Crippen LogP contribution < -0.4 is 14.4 Å². The Labute approximate surface area is 159 Å². The summed E-state index contributed by atoms with van der Waals surface area (Å²) in [4.78, 5) is 24.5. The van der Waals surface area contributed by atoms with Crippen LogP contribution in [0.15, 0.2) is 48.5 Å². The van der Waals surface area contributed by atoms with Crippen LogP contribution in [-0.2, 0) is 9.59 Å². The van der Waals surface area contributed by atoms with Crippen molar-refractivity contribution in [3.63, 3.8) is 0 Å². The molecule has 6 heteroatoms. The number of benzene rings is 2. The van der Waals surface area contributed by atoms with Gasteiger partial charge in [0.15, 0.2) is 13.2 Å². The Morgan fingerprint density at radius 3 is 2.33 bits per heavy atom. The summed E-state index contributed by atoms with van der Waals surface area (Å²) in [5.74, 6) is 0.286. The molecule has 0 radical (unpaired) electrons. The molecule has 2 aromatic rings. The molecule has 0 aromatic heterocycles. The lowest BCUT2D eigenvalue weighted by atomic mass is 9.98. The smallest absolute Gasteiger partial charge is 0.341 e. The number of anilines is 1. The Kier molecular flexibility index (Phi) is 7.23. The van der Waals surface area contributed by atoms with Crippen molar-refractivity contribution in [2.45, 2.75) is 26.2 Å². The molecular weight excluding hydrogens is 346 g/mol. The van der Waals surface area contributed by atoms with Gasteiger partial charge in [0.25, 0.3) is 5.91 Å². The molecule has 6 nitrogen and oxygen atoms in total. The number of carboxylic acid groups (broad SMARTS) is 1. The Balaban J connectivity index is 1.97. The summed E-state index contributed by atoms with van der Waals surface area (Å²) < 4.78 is 10.9. The summed E-state index contributed by atoms with van der Waals surface area (Å²) in [5, 5.41) is 8.62. The van der Waals surface area contributed by atoms with Crippen LogP contribution in [-0.4, -0.2) is 37.2 Å². The van der Waals surface area contributed by atoms with Gasteiger partial charge in [-0.25, -0.2) is 4.79 Å². The molecule has 0 spiro atoms. The van der Waals surface area contributed by atoms with Crippen LogP contribution in [0.1, 0.15) is 31.7 Å². The number of para-hydroxylation sites is 1. The Morgan fingerprint density at radius 1 is 1.04 bits per heavy atom. The second kappa shape index (κ2) is 9.62. The van der Waals surface area contributed by atoms with E-state index in [1.54, 1.807) is 31.3 Å². The van der Waals surface area contributed by atoms with Gasteiger partial charge in [-0.2, -0.15) is 0 Å².